The minimum Gasteiger partial charge on any atom is -0.436 e. The number of fused-ring (bicyclic) bond motifs is 8. The van der Waals surface area contributed by atoms with Gasteiger partial charge in [-0.15, -0.1) is 0 Å². The number of rotatable bonds is 6. The van der Waals surface area contributed by atoms with Crippen molar-refractivity contribution in [2.45, 2.75) is 0 Å². The molecule has 0 N–H and O–H groups in total. The third-order valence-corrected chi connectivity index (χ3v) is 11.7. The van der Waals surface area contributed by atoms with E-state index in [1.165, 1.54) is 37.7 Å². The van der Waals surface area contributed by atoms with Crippen molar-refractivity contribution in [1.29, 1.82) is 0 Å². The third-order valence-electron chi connectivity index (χ3n) is 11.7. The molecule has 0 unspecified atom stereocenters. The molecule has 0 amide bonds. The van der Waals surface area contributed by atoms with Gasteiger partial charge in [-0.25, -0.2) is 4.98 Å². The van der Waals surface area contributed by atoms with Gasteiger partial charge < -0.3 is 9.32 Å². The Bertz CT molecular complexity index is 3580. The molecule has 0 aliphatic heterocycles. The van der Waals surface area contributed by atoms with E-state index in [-0.39, 0.29) is 0 Å². The van der Waals surface area contributed by atoms with Crippen molar-refractivity contribution >= 4 is 82.0 Å². The van der Waals surface area contributed by atoms with E-state index in [9.17, 15) is 0 Å². The summed E-state index contributed by atoms with van der Waals surface area (Å²) in [6, 6.07) is 68.5. The van der Waals surface area contributed by atoms with Gasteiger partial charge in [0.25, 0.3) is 0 Å². The van der Waals surface area contributed by atoms with E-state index < -0.39 is 0 Å². The number of anilines is 3. The molecule has 0 saturated carbocycles. The van der Waals surface area contributed by atoms with Crippen LogP contribution in [0.3, 0.4) is 0 Å². The summed E-state index contributed by atoms with van der Waals surface area (Å²) in [4.78, 5) is 16.8. The molecule has 5 nitrogen and oxygen atoms in total. The highest BCUT2D eigenvalue weighted by molar-refractivity contribution is 6.10. The quantitative estimate of drug-likeness (QED) is 0.158. The van der Waals surface area contributed by atoms with Crippen LogP contribution in [0.2, 0.25) is 0 Å². The Kier molecular flexibility index (Phi) is 7.78. The standard InChI is InChI=1S/C55H34N4O/c1-2-9-43-33-56-53(31-38(43)8-1)42-21-27-48-39(29-42)15-16-40-30-46(26-28-49(40)48)59(45-24-19-37(20-25-45)55-58-51-11-5-6-12-54(51)60-55)44-22-17-36(18-23-44)52-32-41-14-13-35-7-3-4-10-47(35)50(41)34-57-52/h1-34H. The van der Waals surface area contributed by atoms with Crippen LogP contribution in [0, 0.1) is 0 Å². The van der Waals surface area contributed by atoms with Crippen molar-refractivity contribution in [3.05, 3.63) is 207 Å². The molecule has 12 aromatic rings. The Hall–Kier alpha value is -8.15. The molecule has 12 rings (SSSR count). The van der Waals surface area contributed by atoms with Gasteiger partial charge in [0.2, 0.25) is 5.89 Å². The maximum absolute atomic E-state index is 6.13. The Balaban J connectivity index is 0.928. The predicted octanol–water partition coefficient (Wildman–Crippen LogP) is 14.9. The van der Waals surface area contributed by atoms with Crippen molar-refractivity contribution in [2.24, 2.45) is 0 Å². The monoisotopic (exact) mass is 766 g/mol. The van der Waals surface area contributed by atoms with Crippen LogP contribution in [0.4, 0.5) is 17.1 Å². The molecular formula is C55H34N4O. The molecule has 0 atom stereocenters. The number of para-hydroxylation sites is 2. The Morgan fingerprint density at radius 2 is 0.900 bits per heavy atom. The summed E-state index contributed by atoms with van der Waals surface area (Å²) in [5, 5.41) is 11.8. The lowest BCUT2D eigenvalue weighted by Gasteiger charge is -2.26. The van der Waals surface area contributed by atoms with Crippen LogP contribution in [0.5, 0.6) is 0 Å². The normalized spacial score (nSPS) is 11.7. The molecule has 60 heavy (non-hydrogen) atoms. The number of hydrogen-bond acceptors (Lipinski definition) is 5. The lowest BCUT2D eigenvalue weighted by atomic mass is 9.98. The summed E-state index contributed by atoms with van der Waals surface area (Å²) in [5.74, 6) is 0.603. The molecular weight excluding hydrogens is 733 g/mol. The largest absolute Gasteiger partial charge is 0.436 e. The van der Waals surface area contributed by atoms with Gasteiger partial charge in [-0.05, 0) is 122 Å². The first-order chi connectivity index (χ1) is 29.7. The summed E-state index contributed by atoms with van der Waals surface area (Å²) in [7, 11) is 0. The molecule has 0 saturated heterocycles. The van der Waals surface area contributed by atoms with E-state index in [0.29, 0.717) is 5.89 Å². The maximum atomic E-state index is 6.13. The van der Waals surface area contributed by atoms with Crippen LogP contribution >= 0.6 is 0 Å². The van der Waals surface area contributed by atoms with Gasteiger partial charge in [0.15, 0.2) is 5.58 Å². The number of benzene rings is 9. The molecule has 280 valence electrons. The van der Waals surface area contributed by atoms with Crippen LogP contribution in [0.15, 0.2) is 211 Å². The molecule has 0 fully saturated rings. The highest BCUT2D eigenvalue weighted by atomic mass is 16.3. The molecule has 3 aromatic heterocycles. The van der Waals surface area contributed by atoms with E-state index >= 15 is 0 Å². The summed E-state index contributed by atoms with van der Waals surface area (Å²) in [6.45, 7) is 0. The van der Waals surface area contributed by atoms with Crippen molar-refractivity contribution in [3.8, 4) is 34.0 Å². The van der Waals surface area contributed by atoms with Gasteiger partial charge in [0, 0.05) is 56.9 Å². The fraction of sp³-hybridized carbons (Fsp3) is 0. The number of pyridine rings is 2. The van der Waals surface area contributed by atoms with E-state index in [1.54, 1.807) is 0 Å². The highest BCUT2D eigenvalue weighted by Crippen LogP contribution is 2.40. The van der Waals surface area contributed by atoms with Crippen LogP contribution in [-0.4, -0.2) is 15.0 Å². The maximum Gasteiger partial charge on any atom is 0.227 e. The SMILES string of the molecule is c1ccc2cc(-c3ccc4c(ccc5cc(N(c6ccc(-c7cc8ccc9ccccc9c8cn7)cc6)c6ccc(-c7nc8ccccc8o7)cc6)ccc54)c3)ncc2c1. The number of hydrogen-bond donors (Lipinski definition) is 0. The fourth-order valence-electron chi connectivity index (χ4n) is 8.63. The average molecular weight is 767 g/mol. The van der Waals surface area contributed by atoms with Gasteiger partial charge in [-0.1, -0.05) is 115 Å². The van der Waals surface area contributed by atoms with Gasteiger partial charge in [0.1, 0.15) is 5.52 Å². The zero-order chi connectivity index (χ0) is 39.6. The first-order valence-electron chi connectivity index (χ1n) is 20.1. The van der Waals surface area contributed by atoms with Crippen molar-refractivity contribution in [2.75, 3.05) is 4.90 Å². The fourth-order valence-corrected chi connectivity index (χ4v) is 8.63. The summed E-state index contributed by atoms with van der Waals surface area (Å²) >= 11 is 0. The predicted molar refractivity (Wildman–Crippen MR) is 248 cm³/mol. The highest BCUT2D eigenvalue weighted by Gasteiger charge is 2.17. The topological polar surface area (TPSA) is 55.1 Å². The smallest absolute Gasteiger partial charge is 0.227 e. The molecule has 9 aromatic carbocycles. The zero-order valence-electron chi connectivity index (χ0n) is 32.3. The second-order valence-electron chi connectivity index (χ2n) is 15.3. The molecule has 0 spiro atoms. The molecule has 0 bridgehead atoms. The van der Waals surface area contributed by atoms with E-state index in [0.717, 1.165) is 72.4 Å². The second kappa shape index (κ2) is 13.8. The Labute approximate surface area is 345 Å². The third kappa shape index (κ3) is 5.83. The van der Waals surface area contributed by atoms with Crippen LogP contribution < -0.4 is 4.90 Å². The van der Waals surface area contributed by atoms with Crippen LogP contribution in [0.1, 0.15) is 0 Å². The number of oxazole rings is 1. The lowest BCUT2D eigenvalue weighted by Crippen LogP contribution is -2.10. The van der Waals surface area contributed by atoms with Crippen molar-refractivity contribution in [1.82, 2.24) is 15.0 Å². The summed E-state index contributed by atoms with van der Waals surface area (Å²) < 4.78 is 6.13. The molecule has 0 aliphatic rings. The first kappa shape index (κ1) is 33.9. The Morgan fingerprint density at radius 3 is 1.70 bits per heavy atom. The minimum atomic E-state index is 0.603. The molecule has 0 radical (unpaired) electrons. The molecule has 0 aliphatic carbocycles. The number of nitrogens with zero attached hydrogens (tertiary/aromatic N) is 4. The Morgan fingerprint density at radius 1 is 0.350 bits per heavy atom. The minimum absolute atomic E-state index is 0.603. The van der Waals surface area contributed by atoms with E-state index in [1.807, 2.05) is 36.7 Å². The van der Waals surface area contributed by atoms with Gasteiger partial charge in [0.05, 0.1) is 11.4 Å². The molecule has 3 heterocycles. The molecule has 5 heteroatoms. The van der Waals surface area contributed by atoms with Crippen LogP contribution in [-0.2, 0) is 0 Å². The van der Waals surface area contributed by atoms with E-state index in [2.05, 4.69) is 175 Å². The summed E-state index contributed by atoms with van der Waals surface area (Å²) in [5.41, 5.74) is 9.72. The van der Waals surface area contributed by atoms with Gasteiger partial charge >= 0.3 is 0 Å². The average Bonchev–Trinajstić information content (AvgIpc) is 3.76. The summed E-state index contributed by atoms with van der Waals surface area (Å²) in [6.07, 6.45) is 3.96. The van der Waals surface area contributed by atoms with E-state index in [4.69, 9.17) is 19.4 Å². The zero-order valence-corrected chi connectivity index (χ0v) is 32.3. The van der Waals surface area contributed by atoms with Crippen molar-refractivity contribution < 1.29 is 4.42 Å². The first-order valence-corrected chi connectivity index (χ1v) is 20.1. The van der Waals surface area contributed by atoms with Gasteiger partial charge in [-0.2, -0.15) is 0 Å². The number of aromatic nitrogens is 3. The second-order valence-corrected chi connectivity index (χ2v) is 15.3. The van der Waals surface area contributed by atoms with Gasteiger partial charge in [-0.3, -0.25) is 9.97 Å². The van der Waals surface area contributed by atoms with Crippen LogP contribution in [0.25, 0.3) is 98.9 Å². The lowest BCUT2D eigenvalue weighted by molar-refractivity contribution is 0.620. The van der Waals surface area contributed by atoms with Crippen molar-refractivity contribution in [3.63, 3.8) is 0 Å².